The lowest BCUT2D eigenvalue weighted by Crippen LogP contribution is -2.50. The maximum Gasteiger partial charge on any atom is 0.222 e. The lowest BCUT2D eigenvalue weighted by atomic mass is 10.2. The molecule has 0 N–H and O–H groups in total. The first-order valence-electron chi connectivity index (χ1n) is 7.48. The van der Waals surface area contributed by atoms with E-state index >= 15 is 0 Å². The number of nitrogens with zero attached hydrogens (tertiary/aromatic N) is 2. The van der Waals surface area contributed by atoms with Crippen LogP contribution in [0.15, 0.2) is 29.2 Å². The van der Waals surface area contributed by atoms with Crippen LogP contribution in [0.5, 0.6) is 0 Å². The van der Waals surface area contributed by atoms with E-state index in [1.54, 1.807) is 23.6 Å². The van der Waals surface area contributed by atoms with Crippen molar-refractivity contribution < 1.29 is 9.59 Å². The molecule has 1 aliphatic heterocycles. The Bertz CT molecular complexity index is 513. The van der Waals surface area contributed by atoms with Crippen molar-refractivity contribution in [3.8, 4) is 0 Å². The van der Waals surface area contributed by atoms with Gasteiger partial charge in [0, 0.05) is 49.4 Å². The van der Waals surface area contributed by atoms with Gasteiger partial charge in [-0.15, -0.1) is 11.8 Å². The van der Waals surface area contributed by atoms with Crippen LogP contribution in [0.25, 0.3) is 0 Å². The average Bonchev–Trinajstić information content (AvgIpc) is 2.53. The van der Waals surface area contributed by atoms with Gasteiger partial charge < -0.3 is 9.80 Å². The summed E-state index contributed by atoms with van der Waals surface area (Å²) in [6.45, 7) is 4.19. The Kier molecular flexibility index (Phi) is 6.58. The fourth-order valence-electron chi connectivity index (χ4n) is 2.37. The molecule has 6 heteroatoms. The third kappa shape index (κ3) is 5.21. The molecule has 1 heterocycles. The van der Waals surface area contributed by atoms with Crippen molar-refractivity contribution in [3.63, 3.8) is 0 Å². The topological polar surface area (TPSA) is 40.6 Å². The molecule has 0 atom stereocenters. The second-order valence-electron chi connectivity index (χ2n) is 5.29. The third-order valence-corrected chi connectivity index (χ3v) is 5.05. The fraction of sp³-hybridized carbons (Fsp3) is 0.500. The Balaban J connectivity index is 1.64. The van der Waals surface area contributed by atoms with Crippen LogP contribution >= 0.6 is 23.4 Å². The van der Waals surface area contributed by atoms with E-state index in [-0.39, 0.29) is 11.8 Å². The number of carbonyl (C=O) groups excluding carboxylic acids is 2. The molecule has 120 valence electrons. The molecule has 1 aromatic rings. The van der Waals surface area contributed by atoms with Gasteiger partial charge >= 0.3 is 0 Å². The summed E-state index contributed by atoms with van der Waals surface area (Å²) >= 11 is 7.59. The molecule has 0 radical (unpaired) electrons. The predicted molar refractivity (Wildman–Crippen MR) is 90.2 cm³/mol. The van der Waals surface area contributed by atoms with E-state index in [9.17, 15) is 9.59 Å². The molecule has 0 unspecified atom stereocenters. The number of halogens is 1. The minimum absolute atomic E-state index is 0.0893. The van der Waals surface area contributed by atoms with E-state index in [1.807, 2.05) is 29.2 Å². The lowest BCUT2D eigenvalue weighted by Gasteiger charge is -2.34. The molecule has 2 amide bonds. The summed E-state index contributed by atoms with van der Waals surface area (Å²) in [5.41, 5.74) is 0. The molecule has 22 heavy (non-hydrogen) atoms. The van der Waals surface area contributed by atoms with Crippen LogP contribution in [0.1, 0.15) is 19.8 Å². The minimum Gasteiger partial charge on any atom is -0.339 e. The van der Waals surface area contributed by atoms with Gasteiger partial charge in [-0.3, -0.25) is 9.59 Å². The van der Waals surface area contributed by atoms with Crippen molar-refractivity contribution >= 4 is 35.2 Å². The summed E-state index contributed by atoms with van der Waals surface area (Å²) < 4.78 is 0. The van der Waals surface area contributed by atoms with Crippen LogP contribution in [0, 0.1) is 0 Å². The van der Waals surface area contributed by atoms with Gasteiger partial charge in [-0.2, -0.15) is 0 Å². The van der Waals surface area contributed by atoms with Gasteiger partial charge in [-0.1, -0.05) is 11.6 Å². The Morgan fingerprint density at radius 2 is 1.68 bits per heavy atom. The molecule has 0 aromatic heterocycles. The normalized spacial score (nSPS) is 15.0. The summed E-state index contributed by atoms with van der Waals surface area (Å²) in [5.74, 6) is 1.20. The van der Waals surface area contributed by atoms with Gasteiger partial charge in [0.2, 0.25) is 11.8 Å². The highest BCUT2D eigenvalue weighted by Crippen LogP contribution is 2.21. The number of carbonyl (C=O) groups is 2. The van der Waals surface area contributed by atoms with E-state index in [1.165, 1.54) is 4.90 Å². The van der Waals surface area contributed by atoms with Crippen molar-refractivity contribution in [2.45, 2.75) is 24.7 Å². The zero-order valence-corrected chi connectivity index (χ0v) is 14.3. The molecule has 1 aliphatic rings. The first kappa shape index (κ1) is 17.2. The smallest absolute Gasteiger partial charge is 0.222 e. The second-order valence-corrected chi connectivity index (χ2v) is 6.90. The molecule has 0 bridgehead atoms. The molecule has 1 aromatic carbocycles. The average molecular weight is 341 g/mol. The number of hydrogen-bond acceptors (Lipinski definition) is 3. The first-order valence-corrected chi connectivity index (χ1v) is 8.84. The van der Waals surface area contributed by atoms with Crippen LogP contribution in [0.4, 0.5) is 0 Å². The maximum atomic E-state index is 12.1. The zero-order chi connectivity index (χ0) is 15.9. The maximum absolute atomic E-state index is 12.1. The van der Waals surface area contributed by atoms with E-state index in [0.29, 0.717) is 32.6 Å². The molecular weight excluding hydrogens is 320 g/mol. The van der Waals surface area contributed by atoms with Crippen molar-refractivity contribution in [3.05, 3.63) is 29.3 Å². The number of benzene rings is 1. The van der Waals surface area contributed by atoms with E-state index in [0.717, 1.165) is 17.2 Å². The van der Waals surface area contributed by atoms with Crippen LogP contribution in [0.3, 0.4) is 0 Å². The number of amides is 2. The fourth-order valence-corrected chi connectivity index (χ4v) is 3.35. The number of thioether (sulfide) groups is 1. The molecule has 0 saturated carbocycles. The summed E-state index contributed by atoms with van der Waals surface area (Å²) in [7, 11) is 0. The van der Waals surface area contributed by atoms with Gasteiger partial charge in [0.15, 0.2) is 0 Å². The molecule has 2 rings (SSSR count). The number of rotatable bonds is 5. The van der Waals surface area contributed by atoms with E-state index in [4.69, 9.17) is 11.6 Å². The Morgan fingerprint density at radius 3 is 2.27 bits per heavy atom. The van der Waals surface area contributed by atoms with Crippen molar-refractivity contribution in [1.29, 1.82) is 0 Å². The third-order valence-electron chi connectivity index (χ3n) is 3.70. The number of hydrogen-bond donors (Lipinski definition) is 0. The molecule has 4 nitrogen and oxygen atoms in total. The van der Waals surface area contributed by atoms with Gasteiger partial charge in [-0.25, -0.2) is 0 Å². The molecule has 0 aliphatic carbocycles. The van der Waals surface area contributed by atoms with Gasteiger partial charge in [0.25, 0.3) is 0 Å². The van der Waals surface area contributed by atoms with E-state index < -0.39 is 0 Å². The molecule has 0 spiro atoms. The standard InChI is InChI=1S/C16H21ClN2O2S/c1-13(20)18-8-10-19(11-9-18)16(21)3-2-12-22-15-6-4-14(17)5-7-15/h4-7H,2-3,8-12H2,1H3. The van der Waals surface area contributed by atoms with Gasteiger partial charge in [-0.05, 0) is 36.4 Å². The highest BCUT2D eigenvalue weighted by Gasteiger charge is 2.21. The summed E-state index contributed by atoms with van der Waals surface area (Å²) in [4.78, 5) is 28.2. The Hall–Kier alpha value is -1.20. The van der Waals surface area contributed by atoms with Crippen LogP contribution < -0.4 is 0 Å². The molecular formula is C16H21ClN2O2S. The first-order chi connectivity index (χ1) is 10.6. The van der Waals surface area contributed by atoms with Crippen LogP contribution in [-0.2, 0) is 9.59 Å². The largest absolute Gasteiger partial charge is 0.339 e. The van der Waals surface area contributed by atoms with Crippen molar-refractivity contribution in [2.75, 3.05) is 31.9 Å². The van der Waals surface area contributed by atoms with Crippen molar-refractivity contribution in [1.82, 2.24) is 9.80 Å². The predicted octanol–water partition coefficient (Wildman–Crippen LogP) is 2.90. The molecule has 1 fully saturated rings. The highest BCUT2D eigenvalue weighted by molar-refractivity contribution is 7.99. The Morgan fingerprint density at radius 1 is 1.09 bits per heavy atom. The summed E-state index contributed by atoms with van der Waals surface area (Å²) in [5, 5.41) is 0.740. The molecule has 1 saturated heterocycles. The summed E-state index contributed by atoms with van der Waals surface area (Å²) in [6, 6.07) is 7.75. The van der Waals surface area contributed by atoms with E-state index in [2.05, 4.69) is 0 Å². The minimum atomic E-state index is 0.0893. The Labute approximate surface area is 140 Å². The lowest BCUT2D eigenvalue weighted by molar-refractivity contribution is -0.138. The zero-order valence-electron chi connectivity index (χ0n) is 12.8. The van der Waals surface area contributed by atoms with Crippen LogP contribution in [0.2, 0.25) is 5.02 Å². The quantitative estimate of drug-likeness (QED) is 0.611. The van der Waals surface area contributed by atoms with Gasteiger partial charge in [0.05, 0.1) is 0 Å². The van der Waals surface area contributed by atoms with Gasteiger partial charge in [0.1, 0.15) is 0 Å². The summed E-state index contributed by atoms with van der Waals surface area (Å²) in [6.07, 6.45) is 1.43. The second kappa shape index (κ2) is 8.44. The highest BCUT2D eigenvalue weighted by atomic mass is 35.5. The van der Waals surface area contributed by atoms with Crippen molar-refractivity contribution in [2.24, 2.45) is 0 Å². The SMILES string of the molecule is CC(=O)N1CCN(C(=O)CCCSc2ccc(Cl)cc2)CC1. The monoisotopic (exact) mass is 340 g/mol. The number of piperazine rings is 1. The van der Waals surface area contributed by atoms with Crippen LogP contribution in [-0.4, -0.2) is 53.5 Å².